The van der Waals surface area contributed by atoms with Crippen LogP contribution in [-0.2, 0) is 17.8 Å². The quantitative estimate of drug-likeness (QED) is 0.825. The van der Waals surface area contributed by atoms with Crippen LogP contribution >= 0.6 is 0 Å². The predicted octanol–water partition coefficient (Wildman–Crippen LogP) is 0.752. The highest BCUT2D eigenvalue weighted by atomic mass is 16.4. The van der Waals surface area contributed by atoms with Crippen molar-refractivity contribution in [1.29, 1.82) is 0 Å². The molecule has 8 nitrogen and oxygen atoms in total. The summed E-state index contributed by atoms with van der Waals surface area (Å²) in [6.07, 6.45) is 3.49. The number of β-amino-alcohol motifs (C(OH)–C–C–N with tert-alkyl or cyclic N) is 1. The molecule has 1 aromatic rings. The SMILES string of the molecule is CCc1ncc(CNC(=O)N2CCCC(O)(CC(=O)N(C)C)C2)o1. The Morgan fingerprint density at radius 2 is 2.25 bits per heavy atom. The van der Waals surface area contributed by atoms with E-state index in [1.165, 1.54) is 4.90 Å². The van der Waals surface area contributed by atoms with E-state index in [4.69, 9.17) is 4.42 Å². The Bertz CT molecular complexity index is 586. The second kappa shape index (κ2) is 7.65. The van der Waals surface area contributed by atoms with E-state index in [9.17, 15) is 14.7 Å². The van der Waals surface area contributed by atoms with E-state index < -0.39 is 5.60 Å². The number of carbonyl (C=O) groups is 2. The molecule has 1 unspecified atom stereocenters. The summed E-state index contributed by atoms with van der Waals surface area (Å²) in [4.78, 5) is 31.2. The Labute approximate surface area is 141 Å². The van der Waals surface area contributed by atoms with Crippen molar-refractivity contribution in [1.82, 2.24) is 20.1 Å². The highest BCUT2D eigenvalue weighted by Crippen LogP contribution is 2.25. The third kappa shape index (κ3) is 4.70. The van der Waals surface area contributed by atoms with Crippen LogP contribution in [0.25, 0.3) is 0 Å². The van der Waals surface area contributed by atoms with Crippen molar-refractivity contribution >= 4 is 11.9 Å². The van der Waals surface area contributed by atoms with Gasteiger partial charge in [0.05, 0.1) is 31.3 Å². The minimum Gasteiger partial charge on any atom is -0.444 e. The zero-order valence-corrected chi connectivity index (χ0v) is 14.5. The summed E-state index contributed by atoms with van der Waals surface area (Å²) >= 11 is 0. The Kier molecular flexibility index (Phi) is 5.82. The number of likely N-dealkylation sites (tertiary alicyclic amines) is 1. The molecule has 0 saturated carbocycles. The molecule has 2 heterocycles. The monoisotopic (exact) mass is 338 g/mol. The Morgan fingerprint density at radius 3 is 2.88 bits per heavy atom. The molecule has 24 heavy (non-hydrogen) atoms. The molecule has 0 aliphatic carbocycles. The number of rotatable bonds is 5. The number of piperidine rings is 1. The number of aliphatic hydroxyl groups is 1. The maximum Gasteiger partial charge on any atom is 0.317 e. The summed E-state index contributed by atoms with van der Waals surface area (Å²) in [6.45, 7) is 2.89. The van der Waals surface area contributed by atoms with Crippen LogP contribution in [0.15, 0.2) is 10.6 Å². The van der Waals surface area contributed by atoms with Crippen molar-refractivity contribution < 1.29 is 19.1 Å². The maximum atomic E-state index is 12.3. The maximum absolute atomic E-state index is 12.3. The smallest absolute Gasteiger partial charge is 0.317 e. The number of amides is 3. The summed E-state index contributed by atoms with van der Waals surface area (Å²) in [5, 5.41) is 13.4. The second-order valence-corrected chi connectivity index (χ2v) is 6.45. The van der Waals surface area contributed by atoms with Gasteiger partial charge in [0.2, 0.25) is 5.91 Å². The molecule has 0 bridgehead atoms. The Hall–Kier alpha value is -2.09. The molecule has 1 aliphatic rings. The van der Waals surface area contributed by atoms with Crippen LogP contribution in [-0.4, -0.2) is 64.6 Å². The van der Waals surface area contributed by atoms with Crippen molar-refractivity contribution in [3.05, 3.63) is 17.8 Å². The Balaban J connectivity index is 1.88. The topological polar surface area (TPSA) is 98.9 Å². The van der Waals surface area contributed by atoms with Crippen molar-refractivity contribution in [3.8, 4) is 0 Å². The van der Waals surface area contributed by atoms with Gasteiger partial charge in [-0.05, 0) is 12.8 Å². The van der Waals surface area contributed by atoms with E-state index in [0.29, 0.717) is 37.5 Å². The molecule has 1 fully saturated rings. The number of urea groups is 1. The molecule has 1 aliphatic heterocycles. The standard InChI is InChI=1S/C16H26N4O4/c1-4-13-17-9-12(24-13)10-18-15(22)20-7-5-6-16(23,11-20)8-14(21)19(2)3/h9,23H,4-8,10-11H2,1-3H3,(H,18,22). The van der Waals surface area contributed by atoms with Crippen molar-refractivity contribution in [2.45, 2.75) is 44.8 Å². The van der Waals surface area contributed by atoms with Crippen LogP contribution in [0.5, 0.6) is 0 Å². The third-order valence-electron chi connectivity index (χ3n) is 4.14. The van der Waals surface area contributed by atoms with Crippen LogP contribution in [0.4, 0.5) is 4.79 Å². The Morgan fingerprint density at radius 1 is 1.50 bits per heavy atom. The first-order valence-electron chi connectivity index (χ1n) is 8.22. The summed E-state index contributed by atoms with van der Waals surface area (Å²) in [5.41, 5.74) is -1.17. The van der Waals surface area contributed by atoms with Crippen LogP contribution in [0.3, 0.4) is 0 Å². The molecular weight excluding hydrogens is 312 g/mol. The van der Waals surface area contributed by atoms with Crippen LogP contribution in [0.1, 0.15) is 37.8 Å². The van der Waals surface area contributed by atoms with E-state index in [0.717, 1.165) is 0 Å². The number of oxazole rings is 1. The number of carbonyl (C=O) groups excluding carboxylic acids is 2. The fourth-order valence-electron chi connectivity index (χ4n) is 2.74. The summed E-state index contributed by atoms with van der Waals surface area (Å²) < 4.78 is 5.45. The minimum atomic E-state index is -1.17. The van der Waals surface area contributed by atoms with Crippen molar-refractivity contribution in [2.75, 3.05) is 27.2 Å². The lowest BCUT2D eigenvalue weighted by Gasteiger charge is -2.39. The molecule has 1 atom stereocenters. The normalized spacial score (nSPS) is 20.8. The van der Waals surface area contributed by atoms with Gasteiger partial charge in [-0.1, -0.05) is 6.92 Å². The number of aromatic nitrogens is 1. The first kappa shape index (κ1) is 18.3. The fraction of sp³-hybridized carbons (Fsp3) is 0.688. The van der Waals surface area contributed by atoms with Gasteiger partial charge in [-0.2, -0.15) is 0 Å². The van der Waals surface area contributed by atoms with E-state index in [1.54, 1.807) is 25.2 Å². The molecular formula is C16H26N4O4. The fourth-order valence-corrected chi connectivity index (χ4v) is 2.74. The lowest BCUT2D eigenvalue weighted by Crippen LogP contribution is -2.54. The number of hydrogen-bond acceptors (Lipinski definition) is 5. The largest absolute Gasteiger partial charge is 0.444 e. The minimum absolute atomic E-state index is 0.0196. The van der Waals surface area contributed by atoms with E-state index in [-0.39, 0.29) is 31.4 Å². The van der Waals surface area contributed by atoms with Gasteiger partial charge in [0.15, 0.2) is 5.89 Å². The average molecular weight is 338 g/mol. The van der Waals surface area contributed by atoms with Gasteiger partial charge in [-0.3, -0.25) is 4.79 Å². The van der Waals surface area contributed by atoms with Crippen LogP contribution in [0, 0.1) is 0 Å². The number of hydrogen-bond donors (Lipinski definition) is 2. The van der Waals surface area contributed by atoms with E-state index in [1.807, 2.05) is 6.92 Å². The lowest BCUT2D eigenvalue weighted by atomic mass is 9.89. The summed E-state index contributed by atoms with van der Waals surface area (Å²) in [7, 11) is 3.31. The zero-order chi connectivity index (χ0) is 17.7. The van der Waals surface area contributed by atoms with Crippen molar-refractivity contribution in [3.63, 3.8) is 0 Å². The highest BCUT2D eigenvalue weighted by molar-refractivity contribution is 5.77. The molecule has 0 radical (unpaired) electrons. The number of nitrogens with one attached hydrogen (secondary N) is 1. The third-order valence-corrected chi connectivity index (χ3v) is 4.14. The molecule has 1 saturated heterocycles. The molecule has 2 rings (SSSR count). The number of nitrogens with zero attached hydrogens (tertiary/aromatic N) is 3. The lowest BCUT2D eigenvalue weighted by molar-refractivity contribution is -0.135. The molecule has 0 spiro atoms. The second-order valence-electron chi connectivity index (χ2n) is 6.45. The van der Waals surface area contributed by atoms with Gasteiger partial charge in [0, 0.05) is 27.1 Å². The van der Waals surface area contributed by atoms with Crippen LogP contribution < -0.4 is 5.32 Å². The van der Waals surface area contributed by atoms with Gasteiger partial charge < -0.3 is 24.6 Å². The van der Waals surface area contributed by atoms with Crippen molar-refractivity contribution in [2.24, 2.45) is 0 Å². The molecule has 1 aromatic heterocycles. The van der Waals surface area contributed by atoms with Gasteiger partial charge in [0.1, 0.15) is 5.76 Å². The van der Waals surface area contributed by atoms with Gasteiger partial charge in [-0.15, -0.1) is 0 Å². The molecule has 8 heteroatoms. The van der Waals surface area contributed by atoms with Gasteiger partial charge in [-0.25, -0.2) is 9.78 Å². The molecule has 0 aromatic carbocycles. The zero-order valence-electron chi connectivity index (χ0n) is 14.5. The summed E-state index contributed by atoms with van der Waals surface area (Å²) in [6, 6.07) is -0.278. The van der Waals surface area contributed by atoms with Gasteiger partial charge in [0.25, 0.3) is 0 Å². The molecule has 3 amide bonds. The number of aryl methyl sites for hydroxylation is 1. The molecule has 2 N–H and O–H groups in total. The summed E-state index contributed by atoms with van der Waals surface area (Å²) in [5.74, 6) is 1.08. The predicted molar refractivity (Wildman–Crippen MR) is 87.2 cm³/mol. The first-order chi connectivity index (χ1) is 11.3. The van der Waals surface area contributed by atoms with E-state index in [2.05, 4.69) is 10.3 Å². The molecule has 134 valence electrons. The van der Waals surface area contributed by atoms with E-state index >= 15 is 0 Å². The van der Waals surface area contributed by atoms with Crippen LogP contribution in [0.2, 0.25) is 0 Å². The first-order valence-corrected chi connectivity index (χ1v) is 8.22. The van der Waals surface area contributed by atoms with Gasteiger partial charge >= 0.3 is 6.03 Å². The highest BCUT2D eigenvalue weighted by Gasteiger charge is 2.37. The average Bonchev–Trinajstić information content (AvgIpc) is 3.00.